The van der Waals surface area contributed by atoms with E-state index in [1.54, 1.807) is 0 Å². The molecule has 12 heavy (non-hydrogen) atoms. The molecule has 0 aromatic rings. The molecule has 0 radical (unpaired) electrons. The maximum absolute atomic E-state index is 9.43. The number of unbranched alkanes of at least 4 members (excludes halogenated alkanes) is 2. The second kappa shape index (κ2) is 7.56. The number of aliphatic hydroxyl groups excluding tert-OH is 2. The van der Waals surface area contributed by atoms with Crippen molar-refractivity contribution in [3.05, 3.63) is 0 Å². The highest BCUT2D eigenvalue weighted by atomic mass is 16.3. The van der Waals surface area contributed by atoms with Crippen LogP contribution in [0.15, 0.2) is 0 Å². The summed E-state index contributed by atoms with van der Waals surface area (Å²) in [4.78, 5) is 0. The molecule has 2 unspecified atom stereocenters. The minimum Gasteiger partial charge on any atom is -0.390 e. The Morgan fingerprint density at radius 3 is 1.42 bits per heavy atom. The normalized spacial score (nSPS) is 16.0. The summed E-state index contributed by atoms with van der Waals surface area (Å²) in [5.41, 5.74) is 0. The van der Waals surface area contributed by atoms with E-state index in [9.17, 15) is 10.2 Å². The lowest BCUT2D eigenvalue weighted by Gasteiger charge is -2.16. The zero-order valence-electron chi connectivity index (χ0n) is 8.29. The second-order valence-corrected chi connectivity index (χ2v) is 3.42. The van der Waals surface area contributed by atoms with Crippen LogP contribution in [0.4, 0.5) is 0 Å². The fourth-order valence-corrected chi connectivity index (χ4v) is 1.21. The molecule has 2 heteroatoms. The fraction of sp³-hybridized carbons (Fsp3) is 1.00. The Morgan fingerprint density at radius 1 is 0.833 bits per heavy atom. The molecule has 0 heterocycles. The largest absolute Gasteiger partial charge is 0.390 e. The third-order valence-corrected chi connectivity index (χ3v) is 2.15. The van der Waals surface area contributed by atoms with Crippen molar-refractivity contribution >= 4 is 0 Å². The van der Waals surface area contributed by atoms with Crippen LogP contribution >= 0.6 is 0 Å². The van der Waals surface area contributed by atoms with Gasteiger partial charge in [0.2, 0.25) is 0 Å². The minimum atomic E-state index is -0.503. The molecule has 0 fully saturated rings. The standard InChI is InChI=1S/C10H22O2/c1-3-5-7-9(11)10(12)8-6-4-2/h9-12H,3-8H2,1-2H3. The zero-order valence-corrected chi connectivity index (χ0v) is 8.29. The van der Waals surface area contributed by atoms with E-state index in [4.69, 9.17) is 0 Å². The highest BCUT2D eigenvalue weighted by molar-refractivity contribution is 4.66. The van der Waals surface area contributed by atoms with Crippen molar-refractivity contribution < 1.29 is 10.2 Å². The topological polar surface area (TPSA) is 40.5 Å². The van der Waals surface area contributed by atoms with E-state index in [0.29, 0.717) is 0 Å². The monoisotopic (exact) mass is 174 g/mol. The van der Waals surface area contributed by atoms with Gasteiger partial charge >= 0.3 is 0 Å². The Kier molecular flexibility index (Phi) is 7.51. The van der Waals surface area contributed by atoms with Gasteiger partial charge in [0, 0.05) is 0 Å². The lowest BCUT2D eigenvalue weighted by Crippen LogP contribution is -2.25. The van der Waals surface area contributed by atoms with Crippen LogP contribution in [0.3, 0.4) is 0 Å². The molecule has 0 aromatic heterocycles. The summed E-state index contributed by atoms with van der Waals surface area (Å²) in [6.45, 7) is 4.18. The van der Waals surface area contributed by atoms with Crippen LogP contribution < -0.4 is 0 Å². The van der Waals surface area contributed by atoms with Gasteiger partial charge in [-0.2, -0.15) is 0 Å². The van der Waals surface area contributed by atoms with Crippen LogP contribution in [0.5, 0.6) is 0 Å². The summed E-state index contributed by atoms with van der Waals surface area (Å²) in [5.74, 6) is 0. The van der Waals surface area contributed by atoms with Crippen LogP contribution in [0.2, 0.25) is 0 Å². The molecule has 0 aromatic carbocycles. The van der Waals surface area contributed by atoms with E-state index in [0.717, 1.165) is 38.5 Å². The lowest BCUT2D eigenvalue weighted by molar-refractivity contribution is 0.00764. The highest BCUT2D eigenvalue weighted by Gasteiger charge is 2.14. The average Bonchev–Trinajstić information content (AvgIpc) is 2.10. The molecule has 0 saturated heterocycles. The Labute approximate surface area is 75.6 Å². The van der Waals surface area contributed by atoms with Crippen molar-refractivity contribution in [2.75, 3.05) is 0 Å². The molecule has 0 spiro atoms. The van der Waals surface area contributed by atoms with Gasteiger partial charge in [-0.3, -0.25) is 0 Å². The first kappa shape index (κ1) is 11.9. The number of aliphatic hydroxyl groups is 2. The van der Waals surface area contributed by atoms with Gasteiger partial charge in [0.15, 0.2) is 0 Å². The zero-order chi connectivity index (χ0) is 9.40. The molecule has 2 atom stereocenters. The minimum absolute atomic E-state index is 0.503. The summed E-state index contributed by atoms with van der Waals surface area (Å²) in [6.07, 6.45) is 4.64. The maximum Gasteiger partial charge on any atom is 0.0799 e. The van der Waals surface area contributed by atoms with Crippen molar-refractivity contribution in [2.45, 2.75) is 64.6 Å². The van der Waals surface area contributed by atoms with Gasteiger partial charge < -0.3 is 10.2 Å². The van der Waals surface area contributed by atoms with Gasteiger partial charge in [0.25, 0.3) is 0 Å². The summed E-state index contributed by atoms with van der Waals surface area (Å²) in [6, 6.07) is 0. The lowest BCUT2D eigenvalue weighted by atomic mass is 10.0. The fourth-order valence-electron chi connectivity index (χ4n) is 1.21. The van der Waals surface area contributed by atoms with E-state index >= 15 is 0 Å². The molecule has 0 aliphatic heterocycles. The first-order valence-corrected chi connectivity index (χ1v) is 5.08. The molecule has 0 aliphatic rings. The Morgan fingerprint density at radius 2 is 1.17 bits per heavy atom. The van der Waals surface area contributed by atoms with E-state index in [1.807, 2.05) is 0 Å². The average molecular weight is 174 g/mol. The number of hydrogen-bond acceptors (Lipinski definition) is 2. The predicted molar refractivity (Wildman–Crippen MR) is 51.1 cm³/mol. The van der Waals surface area contributed by atoms with Crippen LogP contribution in [-0.4, -0.2) is 22.4 Å². The summed E-state index contributed by atoms with van der Waals surface area (Å²) < 4.78 is 0. The van der Waals surface area contributed by atoms with E-state index < -0.39 is 12.2 Å². The van der Waals surface area contributed by atoms with Gasteiger partial charge in [-0.05, 0) is 12.8 Å². The van der Waals surface area contributed by atoms with Gasteiger partial charge in [-0.15, -0.1) is 0 Å². The molecule has 0 rings (SSSR count). The van der Waals surface area contributed by atoms with E-state index in [2.05, 4.69) is 13.8 Å². The Balaban J connectivity index is 3.39. The number of hydrogen-bond donors (Lipinski definition) is 2. The molecular weight excluding hydrogens is 152 g/mol. The Hall–Kier alpha value is -0.0800. The summed E-state index contributed by atoms with van der Waals surface area (Å²) >= 11 is 0. The summed E-state index contributed by atoms with van der Waals surface area (Å²) in [5, 5.41) is 18.9. The third-order valence-electron chi connectivity index (χ3n) is 2.15. The second-order valence-electron chi connectivity index (χ2n) is 3.42. The van der Waals surface area contributed by atoms with Crippen molar-refractivity contribution in [2.24, 2.45) is 0 Å². The van der Waals surface area contributed by atoms with Gasteiger partial charge in [-0.25, -0.2) is 0 Å². The molecule has 74 valence electrons. The van der Waals surface area contributed by atoms with Crippen molar-refractivity contribution in [1.29, 1.82) is 0 Å². The first-order valence-electron chi connectivity index (χ1n) is 5.08. The molecule has 2 N–H and O–H groups in total. The molecule has 0 amide bonds. The van der Waals surface area contributed by atoms with Crippen LogP contribution in [0.25, 0.3) is 0 Å². The van der Waals surface area contributed by atoms with Crippen molar-refractivity contribution in [3.8, 4) is 0 Å². The highest BCUT2D eigenvalue weighted by Crippen LogP contribution is 2.10. The molecule has 0 aliphatic carbocycles. The van der Waals surface area contributed by atoms with Crippen LogP contribution in [0.1, 0.15) is 52.4 Å². The quantitative estimate of drug-likeness (QED) is 0.620. The van der Waals surface area contributed by atoms with E-state index in [-0.39, 0.29) is 0 Å². The van der Waals surface area contributed by atoms with Crippen molar-refractivity contribution in [1.82, 2.24) is 0 Å². The molecule has 0 bridgehead atoms. The molecule has 2 nitrogen and oxygen atoms in total. The summed E-state index contributed by atoms with van der Waals surface area (Å²) in [7, 11) is 0. The van der Waals surface area contributed by atoms with Gasteiger partial charge in [0.05, 0.1) is 12.2 Å². The van der Waals surface area contributed by atoms with E-state index in [1.165, 1.54) is 0 Å². The predicted octanol–water partition coefficient (Wildman–Crippen LogP) is 2.09. The van der Waals surface area contributed by atoms with Gasteiger partial charge in [-0.1, -0.05) is 39.5 Å². The van der Waals surface area contributed by atoms with Gasteiger partial charge in [0.1, 0.15) is 0 Å². The maximum atomic E-state index is 9.43. The first-order chi connectivity index (χ1) is 5.72. The Bertz CT molecular complexity index is 81.8. The van der Waals surface area contributed by atoms with Crippen LogP contribution in [0, 0.1) is 0 Å². The molecule has 0 saturated carbocycles. The van der Waals surface area contributed by atoms with Crippen LogP contribution in [-0.2, 0) is 0 Å². The molecular formula is C10H22O2. The number of rotatable bonds is 7. The van der Waals surface area contributed by atoms with Crippen molar-refractivity contribution in [3.63, 3.8) is 0 Å². The SMILES string of the molecule is CCCCC(O)C(O)CCCC. The smallest absolute Gasteiger partial charge is 0.0799 e. The third kappa shape index (κ3) is 5.56.